The Labute approximate surface area is 129 Å². The maximum atomic E-state index is 14.2. The number of aromatic nitrogens is 2. The molecule has 0 unspecified atom stereocenters. The van der Waals surface area contributed by atoms with Gasteiger partial charge in [-0.15, -0.1) is 0 Å². The van der Waals surface area contributed by atoms with Crippen molar-refractivity contribution in [3.8, 4) is 6.07 Å². The van der Waals surface area contributed by atoms with Crippen molar-refractivity contribution in [2.45, 2.75) is 52.5 Å². The molecule has 5 heteroatoms. The molecule has 116 valence electrons. The Morgan fingerprint density at radius 1 is 1.18 bits per heavy atom. The number of fused-ring (bicyclic) bond motifs is 1. The van der Waals surface area contributed by atoms with Crippen LogP contribution in [0.15, 0.2) is 16.9 Å². The molecule has 0 aliphatic heterocycles. The molecule has 0 amide bonds. The van der Waals surface area contributed by atoms with Gasteiger partial charge in [0.1, 0.15) is 23.2 Å². The SMILES string of the molecule is CC(C)(C)c1nc2c(F)ccc(C#N)c2c(=O)n1C(C)(C)C. The molecule has 2 rings (SSSR count). The van der Waals surface area contributed by atoms with Crippen LogP contribution in [-0.2, 0) is 11.0 Å². The van der Waals surface area contributed by atoms with Crippen molar-refractivity contribution in [3.05, 3.63) is 39.7 Å². The van der Waals surface area contributed by atoms with Gasteiger partial charge in [0, 0.05) is 11.0 Å². The smallest absolute Gasteiger partial charge is 0.263 e. The topological polar surface area (TPSA) is 58.7 Å². The summed E-state index contributed by atoms with van der Waals surface area (Å²) in [6.07, 6.45) is 0. The molecule has 0 N–H and O–H groups in total. The first kappa shape index (κ1) is 16.2. The number of halogens is 1. The standard InChI is InChI=1S/C17H20FN3O/c1-16(2,3)15-20-13-11(18)8-7-10(9-19)12(13)14(22)21(15)17(4,5)6/h7-8H,1-6H3. The highest BCUT2D eigenvalue weighted by Crippen LogP contribution is 2.27. The molecule has 0 saturated carbocycles. The van der Waals surface area contributed by atoms with Crippen molar-refractivity contribution in [1.29, 1.82) is 5.26 Å². The third-order valence-electron chi connectivity index (χ3n) is 3.44. The molecule has 0 radical (unpaired) electrons. The lowest BCUT2D eigenvalue weighted by Gasteiger charge is -2.31. The fourth-order valence-electron chi connectivity index (χ4n) is 2.47. The molecule has 0 spiro atoms. The second kappa shape index (κ2) is 4.91. The van der Waals surface area contributed by atoms with Gasteiger partial charge in [-0.25, -0.2) is 9.37 Å². The van der Waals surface area contributed by atoms with E-state index in [4.69, 9.17) is 0 Å². The first-order valence-electron chi connectivity index (χ1n) is 7.15. The van der Waals surface area contributed by atoms with E-state index >= 15 is 0 Å². The summed E-state index contributed by atoms with van der Waals surface area (Å²) >= 11 is 0. The van der Waals surface area contributed by atoms with Crippen LogP contribution >= 0.6 is 0 Å². The van der Waals surface area contributed by atoms with Gasteiger partial charge < -0.3 is 0 Å². The number of nitriles is 1. The van der Waals surface area contributed by atoms with Crippen LogP contribution in [0.4, 0.5) is 4.39 Å². The van der Waals surface area contributed by atoms with Crippen LogP contribution in [0.1, 0.15) is 52.9 Å². The molecule has 0 saturated heterocycles. The minimum atomic E-state index is -0.586. The lowest BCUT2D eigenvalue weighted by Crippen LogP contribution is -2.41. The highest BCUT2D eigenvalue weighted by atomic mass is 19.1. The summed E-state index contributed by atoms with van der Waals surface area (Å²) < 4.78 is 15.7. The zero-order chi connectivity index (χ0) is 16.9. The minimum absolute atomic E-state index is 0.0329. The average Bonchev–Trinajstić information content (AvgIpc) is 2.36. The molecular formula is C17H20FN3O. The van der Waals surface area contributed by atoms with E-state index in [0.29, 0.717) is 5.82 Å². The monoisotopic (exact) mass is 301 g/mol. The van der Waals surface area contributed by atoms with Crippen LogP contribution in [0.25, 0.3) is 10.9 Å². The van der Waals surface area contributed by atoms with Crippen molar-refractivity contribution in [1.82, 2.24) is 9.55 Å². The Morgan fingerprint density at radius 3 is 2.23 bits per heavy atom. The number of hydrogen-bond donors (Lipinski definition) is 0. The van der Waals surface area contributed by atoms with Crippen molar-refractivity contribution >= 4 is 10.9 Å². The average molecular weight is 301 g/mol. The second-order valence-corrected chi connectivity index (χ2v) is 7.43. The van der Waals surface area contributed by atoms with Gasteiger partial charge in [0.05, 0.1) is 10.9 Å². The van der Waals surface area contributed by atoms with Crippen molar-refractivity contribution in [2.75, 3.05) is 0 Å². The van der Waals surface area contributed by atoms with Gasteiger partial charge in [-0.05, 0) is 32.9 Å². The third-order valence-corrected chi connectivity index (χ3v) is 3.44. The maximum absolute atomic E-state index is 14.2. The largest absolute Gasteiger partial charge is 0.290 e. The molecule has 0 atom stereocenters. The van der Waals surface area contributed by atoms with Gasteiger partial charge in [0.2, 0.25) is 0 Å². The summed E-state index contributed by atoms with van der Waals surface area (Å²) in [5.74, 6) is -0.0795. The van der Waals surface area contributed by atoms with Gasteiger partial charge >= 0.3 is 0 Å². The summed E-state index contributed by atoms with van der Waals surface area (Å²) in [4.78, 5) is 17.4. The molecule has 2 aromatic rings. The Hall–Kier alpha value is -2.22. The summed E-state index contributed by atoms with van der Waals surface area (Å²) in [5.41, 5.74) is -1.23. The van der Waals surface area contributed by atoms with Crippen LogP contribution in [0, 0.1) is 17.1 Å². The van der Waals surface area contributed by atoms with Gasteiger partial charge in [-0.1, -0.05) is 20.8 Å². The number of hydrogen-bond acceptors (Lipinski definition) is 3. The van der Waals surface area contributed by atoms with E-state index in [0.717, 1.165) is 0 Å². The van der Waals surface area contributed by atoms with Crippen molar-refractivity contribution in [2.24, 2.45) is 0 Å². The van der Waals surface area contributed by atoms with Crippen LogP contribution < -0.4 is 5.56 Å². The summed E-state index contributed by atoms with van der Waals surface area (Å²) in [7, 11) is 0. The van der Waals surface area contributed by atoms with Gasteiger partial charge in [0.15, 0.2) is 0 Å². The van der Waals surface area contributed by atoms with Crippen molar-refractivity contribution in [3.63, 3.8) is 0 Å². The summed E-state index contributed by atoms with van der Waals surface area (Å²) in [5, 5.41) is 9.27. The Balaban J connectivity index is 3.15. The predicted molar refractivity (Wildman–Crippen MR) is 84.4 cm³/mol. The highest BCUT2D eigenvalue weighted by molar-refractivity contribution is 5.84. The normalized spacial score (nSPS) is 12.5. The zero-order valence-electron chi connectivity index (χ0n) is 13.8. The van der Waals surface area contributed by atoms with Crippen LogP contribution in [0.5, 0.6) is 0 Å². The molecule has 1 aromatic heterocycles. The fraction of sp³-hybridized carbons (Fsp3) is 0.471. The molecule has 22 heavy (non-hydrogen) atoms. The van der Waals surface area contributed by atoms with Gasteiger partial charge in [-0.2, -0.15) is 5.26 Å². The van der Waals surface area contributed by atoms with Gasteiger partial charge in [-0.3, -0.25) is 9.36 Å². The summed E-state index contributed by atoms with van der Waals surface area (Å²) in [6, 6.07) is 4.46. The first-order chi connectivity index (χ1) is 9.98. The van der Waals surface area contributed by atoms with E-state index in [-0.39, 0.29) is 22.0 Å². The molecule has 0 fully saturated rings. The van der Waals surface area contributed by atoms with Crippen molar-refractivity contribution < 1.29 is 4.39 Å². The Bertz CT molecular complexity index is 846. The molecule has 0 aliphatic carbocycles. The van der Waals surface area contributed by atoms with E-state index < -0.39 is 16.8 Å². The van der Waals surface area contributed by atoms with E-state index in [2.05, 4.69) is 4.98 Å². The molecule has 0 bridgehead atoms. The third kappa shape index (κ3) is 2.50. The van der Waals surface area contributed by atoms with Crippen LogP contribution in [-0.4, -0.2) is 9.55 Å². The first-order valence-corrected chi connectivity index (χ1v) is 7.15. The zero-order valence-corrected chi connectivity index (χ0v) is 13.8. The predicted octanol–water partition coefficient (Wildman–Crippen LogP) is 3.46. The number of nitrogens with zero attached hydrogens (tertiary/aromatic N) is 3. The quantitative estimate of drug-likeness (QED) is 0.748. The minimum Gasteiger partial charge on any atom is -0.290 e. The van der Waals surface area contributed by atoms with Crippen LogP contribution in [0.2, 0.25) is 0 Å². The molecule has 1 aromatic carbocycles. The fourth-order valence-corrected chi connectivity index (χ4v) is 2.47. The number of rotatable bonds is 0. The lowest BCUT2D eigenvalue weighted by molar-refractivity contribution is 0.337. The Kier molecular flexibility index (Phi) is 3.60. The number of benzene rings is 1. The molecule has 0 aliphatic rings. The summed E-state index contributed by atoms with van der Waals surface area (Å²) in [6.45, 7) is 11.5. The van der Waals surface area contributed by atoms with E-state index in [1.54, 1.807) is 4.57 Å². The van der Waals surface area contributed by atoms with Gasteiger partial charge in [0.25, 0.3) is 5.56 Å². The lowest BCUT2D eigenvalue weighted by atomic mass is 9.92. The van der Waals surface area contributed by atoms with E-state index in [9.17, 15) is 14.4 Å². The van der Waals surface area contributed by atoms with Crippen LogP contribution in [0.3, 0.4) is 0 Å². The molecular weight excluding hydrogens is 281 g/mol. The maximum Gasteiger partial charge on any atom is 0.263 e. The van der Waals surface area contributed by atoms with E-state index in [1.165, 1.54) is 12.1 Å². The second-order valence-electron chi connectivity index (χ2n) is 7.43. The van der Waals surface area contributed by atoms with E-state index in [1.807, 2.05) is 47.6 Å². The molecule has 4 nitrogen and oxygen atoms in total. The highest BCUT2D eigenvalue weighted by Gasteiger charge is 2.29. The molecule has 1 heterocycles. The Morgan fingerprint density at radius 2 is 1.77 bits per heavy atom.